The maximum atomic E-state index is 10.5. The molecule has 0 saturated carbocycles. The zero-order valence-corrected chi connectivity index (χ0v) is 9.14. The van der Waals surface area contributed by atoms with Crippen molar-refractivity contribution in [3.63, 3.8) is 0 Å². The average Bonchev–Trinajstić information content (AvgIpc) is 2.66. The Labute approximate surface area is 98.5 Å². The molecule has 0 saturated heterocycles. The number of hydrogen-bond donors (Lipinski definition) is 4. The van der Waals surface area contributed by atoms with Crippen LogP contribution in [0.5, 0.6) is 0 Å². The number of aliphatic carboxylic acids is 1. The first-order valence-electron chi connectivity index (χ1n) is 5.23. The Kier molecular flexibility index (Phi) is 3.32. The van der Waals surface area contributed by atoms with Gasteiger partial charge in [0.15, 0.2) is 0 Å². The van der Waals surface area contributed by atoms with Gasteiger partial charge in [0.25, 0.3) is 0 Å². The van der Waals surface area contributed by atoms with Gasteiger partial charge in [-0.2, -0.15) is 0 Å². The van der Waals surface area contributed by atoms with Crippen molar-refractivity contribution in [2.45, 2.75) is 13.2 Å². The summed E-state index contributed by atoms with van der Waals surface area (Å²) in [7, 11) is -0.942. The third-order valence-electron chi connectivity index (χ3n) is 2.68. The summed E-state index contributed by atoms with van der Waals surface area (Å²) in [6, 6.07) is 3.52. The quantitative estimate of drug-likeness (QED) is 0.492. The molecule has 0 spiro atoms. The maximum absolute atomic E-state index is 10.5. The van der Waals surface area contributed by atoms with Crippen LogP contribution >= 0.6 is 0 Å². The van der Waals surface area contributed by atoms with Gasteiger partial charge < -0.3 is 25.8 Å². The lowest BCUT2D eigenvalue weighted by atomic mass is 9.78. The summed E-state index contributed by atoms with van der Waals surface area (Å²) in [5, 5.41) is 20.9. The van der Waals surface area contributed by atoms with Gasteiger partial charge >= 0.3 is 13.1 Å². The molecule has 1 aliphatic heterocycles. The number of nitrogens with one attached hydrogen (secondary N) is 1. The number of benzene rings is 1. The predicted octanol–water partition coefficient (Wildman–Crippen LogP) is -1.14. The first-order valence-corrected chi connectivity index (χ1v) is 5.23. The molecular formula is C10H13BN2O4. The highest BCUT2D eigenvalue weighted by atomic mass is 16.5. The molecule has 5 N–H and O–H groups in total. The standard InChI is InChI=1S/C10H13BN2O4/c12-3-6-1-7-5-17-11(16)8(7)2-9(6)13-4-10(14)15/h1-2,13,16H,3-5,12H2,(H,14,15). The van der Waals surface area contributed by atoms with E-state index in [0.717, 1.165) is 11.1 Å². The molecule has 90 valence electrons. The van der Waals surface area contributed by atoms with E-state index in [2.05, 4.69) is 5.32 Å². The first kappa shape index (κ1) is 11.9. The highest BCUT2D eigenvalue weighted by Gasteiger charge is 2.28. The van der Waals surface area contributed by atoms with Crippen LogP contribution in [0, 0.1) is 0 Å². The molecule has 1 aliphatic rings. The molecule has 0 aliphatic carbocycles. The molecule has 0 amide bonds. The van der Waals surface area contributed by atoms with Gasteiger partial charge in [0, 0.05) is 12.2 Å². The van der Waals surface area contributed by atoms with Gasteiger partial charge in [-0.25, -0.2) is 0 Å². The summed E-state index contributed by atoms with van der Waals surface area (Å²) in [6.45, 7) is 0.455. The monoisotopic (exact) mass is 236 g/mol. The van der Waals surface area contributed by atoms with Crippen LogP contribution in [0.2, 0.25) is 0 Å². The minimum atomic E-state index is -0.953. The second-order valence-corrected chi connectivity index (χ2v) is 3.82. The van der Waals surface area contributed by atoms with Crippen LogP contribution in [0.4, 0.5) is 5.69 Å². The summed E-state index contributed by atoms with van der Waals surface area (Å²) in [5.41, 5.74) is 8.58. The van der Waals surface area contributed by atoms with E-state index in [9.17, 15) is 9.82 Å². The normalized spacial score (nSPS) is 13.6. The second kappa shape index (κ2) is 4.74. The Morgan fingerprint density at radius 1 is 1.59 bits per heavy atom. The number of fused-ring (bicyclic) bond motifs is 1. The third kappa shape index (κ3) is 2.41. The smallest absolute Gasteiger partial charge is 0.480 e. The van der Waals surface area contributed by atoms with E-state index in [-0.39, 0.29) is 6.54 Å². The number of carboxylic acids is 1. The van der Waals surface area contributed by atoms with Gasteiger partial charge in [-0.05, 0) is 22.7 Å². The van der Waals surface area contributed by atoms with Crippen LogP contribution < -0.4 is 16.5 Å². The van der Waals surface area contributed by atoms with Crippen molar-refractivity contribution in [1.29, 1.82) is 0 Å². The zero-order chi connectivity index (χ0) is 12.4. The molecule has 1 aromatic rings. The Morgan fingerprint density at radius 3 is 3.00 bits per heavy atom. The fourth-order valence-corrected chi connectivity index (χ4v) is 1.83. The molecule has 0 fully saturated rings. The molecule has 0 unspecified atom stereocenters. The van der Waals surface area contributed by atoms with Gasteiger partial charge in [-0.1, -0.05) is 6.07 Å². The lowest BCUT2D eigenvalue weighted by molar-refractivity contribution is -0.134. The van der Waals surface area contributed by atoms with E-state index in [1.807, 2.05) is 6.07 Å². The fraction of sp³-hybridized carbons (Fsp3) is 0.300. The van der Waals surface area contributed by atoms with Crippen molar-refractivity contribution in [2.24, 2.45) is 5.73 Å². The molecule has 17 heavy (non-hydrogen) atoms. The van der Waals surface area contributed by atoms with E-state index in [1.165, 1.54) is 0 Å². The summed E-state index contributed by atoms with van der Waals surface area (Å²) < 4.78 is 5.07. The number of carboxylic acid groups (broad SMARTS) is 1. The lowest BCUT2D eigenvalue weighted by Gasteiger charge is -2.11. The van der Waals surface area contributed by atoms with Crippen LogP contribution in [-0.2, 0) is 22.6 Å². The minimum absolute atomic E-state index is 0.192. The van der Waals surface area contributed by atoms with Crippen molar-refractivity contribution in [3.8, 4) is 0 Å². The number of hydrogen-bond acceptors (Lipinski definition) is 5. The summed E-state index contributed by atoms with van der Waals surface area (Å²) in [4.78, 5) is 10.5. The SMILES string of the molecule is NCc1cc2c(cc1NCC(=O)O)B(O)OC2. The molecule has 1 aromatic carbocycles. The van der Waals surface area contributed by atoms with E-state index in [4.69, 9.17) is 15.5 Å². The van der Waals surface area contributed by atoms with Crippen molar-refractivity contribution >= 4 is 24.2 Å². The molecular weight excluding hydrogens is 223 g/mol. The van der Waals surface area contributed by atoms with Crippen LogP contribution in [-0.4, -0.2) is 29.8 Å². The third-order valence-corrected chi connectivity index (χ3v) is 2.68. The predicted molar refractivity (Wildman–Crippen MR) is 62.9 cm³/mol. The first-order chi connectivity index (χ1) is 8.11. The number of nitrogens with two attached hydrogens (primary N) is 1. The Morgan fingerprint density at radius 2 is 2.35 bits per heavy atom. The maximum Gasteiger partial charge on any atom is 0.491 e. The topological polar surface area (TPSA) is 105 Å². The van der Waals surface area contributed by atoms with E-state index < -0.39 is 13.1 Å². The number of rotatable bonds is 4. The summed E-state index contributed by atoms with van der Waals surface area (Å²) >= 11 is 0. The van der Waals surface area contributed by atoms with Crippen LogP contribution in [0.3, 0.4) is 0 Å². The van der Waals surface area contributed by atoms with Gasteiger partial charge in [0.2, 0.25) is 0 Å². The van der Waals surface area contributed by atoms with Crippen molar-refractivity contribution < 1.29 is 19.6 Å². The van der Waals surface area contributed by atoms with Crippen LogP contribution in [0.25, 0.3) is 0 Å². The van der Waals surface area contributed by atoms with Crippen molar-refractivity contribution in [1.82, 2.24) is 0 Å². The van der Waals surface area contributed by atoms with Crippen LogP contribution in [0.1, 0.15) is 11.1 Å². The average molecular weight is 236 g/mol. The molecule has 6 nitrogen and oxygen atoms in total. The Balaban J connectivity index is 2.30. The fourth-order valence-electron chi connectivity index (χ4n) is 1.83. The number of carbonyl (C=O) groups is 1. The lowest BCUT2D eigenvalue weighted by Crippen LogP contribution is -2.29. The second-order valence-electron chi connectivity index (χ2n) is 3.82. The Bertz CT molecular complexity index is 452. The molecule has 0 atom stereocenters. The molecule has 2 rings (SSSR count). The Hall–Kier alpha value is -1.57. The minimum Gasteiger partial charge on any atom is -0.480 e. The molecule has 0 aromatic heterocycles. The van der Waals surface area contributed by atoms with Gasteiger partial charge in [0.05, 0.1) is 6.61 Å². The van der Waals surface area contributed by atoms with E-state index in [0.29, 0.717) is 24.3 Å². The highest BCUT2D eigenvalue weighted by Crippen LogP contribution is 2.20. The van der Waals surface area contributed by atoms with Gasteiger partial charge in [-0.3, -0.25) is 4.79 Å². The van der Waals surface area contributed by atoms with E-state index in [1.54, 1.807) is 6.07 Å². The summed E-state index contributed by atoms with van der Waals surface area (Å²) in [5.74, 6) is -0.953. The molecule has 0 radical (unpaired) electrons. The largest absolute Gasteiger partial charge is 0.491 e. The van der Waals surface area contributed by atoms with E-state index >= 15 is 0 Å². The van der Waals surface area contributed by atoms with Crippen LogP contribution in [0.15, 0.2) is 12.1 Å². The zero-order valence-electron chi connectivity index (χ0n) is 9.14. The van der Waals surface area contributed by atoms with Crippen molar-refractivity contribution in [2.75, 3.05) is 11.9 Å². The van der Waals surface area contributed by atoms with Crippen molar-refractivity contribution in [3.05, 3.63) is 23.3 Å². The highest BCUT2D eigenvalue weighted by molar-refractivity contribution is 6.61. The molecule has 7 heteroatoms. The molecule has 1 heterocycles. The van der Waals surface area contributed by atoms with Gasteiger partial charge in [-0.15, -0.1) is 0 Å². The number of anilines is 1. The molecule has 0 bridgehead atoms. The summed E-state index contributed by atoms with van der Waals surface area (Å²) in [6.07, 6.45) is 0. The van der Waals surface area contributed by atoms with Gasteiger partial charge in [0.1, 0.15) is 6.54 Å².